The lowest BCUT2D eigenvalue weighted by Gasteiger charge is -2.36. The quantitative estimate of drug-likeness (QED) is 0.0630. The highest BCUT2D eigenvalue weighted by molar-refractivity contribution is 7.90. The molecule has 0 unspecified atom stereocenters. The van der Waals surface area contributed by atoms with E-state index in [2.05, 4.69) is 25.5 Å². The number of hydrogen-bond donors (Lipinski definition) is 5. The molecule has 5 heterocycles. The van der Waals surface area contributed by atoms with Gasteiger partial charge >= 0.3 is 22.4 Å². The molecule has 5 N–H and O–H groups in total. The molecule has 3 aliphatic rings. The Hall–Kier alpha value is -6.92. The fourth-order valence-electron chi connectivity index (χ4n) is 7.77. The Labute approximate surface area is 382 Å². The zero-order valence-corrected chi connectivity index (χ0v) is 36.3. The van der Waals surface area contributed by atoms with Crippen LogP contribution in [0.15, 0.2) is 73.1 Å². The first kappa shape index (κ1) is 49.0. The van der Waals surface area contributed by atoms with Crippen LogP contribution in [0.4, 0.5) is 42.1 Å². The Morgan fingerprint density at radius 3 is 2.21 bits per heavy atom. The molecule has 0 saturated carbocycles. The van der Waals surface area contributed by atoms with Crippen LogP contribution in [0.1, 0.15) is 51.1 Å². The van der Waals surface area contributed by atoms with Gasteiger partial charge in [-0.05, 0) is 66.8 Å². The third kappa shape index (κ3) is 11.3. The van der Waals surface area contributed by atoms with Crippen LogP contribution in [-0.4, -0.2) is 126 Å². The first-order chi connectivity index (χ1) is 32.2. The van der Waals surface area contributed by atoms with Crippen molar-refractivity contribution in [1.82, 2.24) is 29.8 Å². The lowest BCUT2D eigenvalue weighted by Crippen LogP contribution is -2.52. The summed E-state index contributed by atoms with van der Waals surface area (Å²) in [6, 6.07) is 14.6. The fraction of sp³-hybridized carbons (Fsp3) is 0.318. The van der Waals surface area contributed by atoms with Crippen molar-refractivity contribution < 1.29 is 68.2 Å². The van der Waals surface area contributed by atoms with Crippen LogP contribution in [0.3, 0.4) is 0 Å². The number of carboxylic acids is 1. The van der Waals surface area contributed by atoms with Gasteiger partial charge in [-0.15, -0.1) is 0 Å². The number of nitrogens with one attached hydrogen (secondary N) is 4. The van der Waals surface area contributed by atoms with Crippen molar-refractivity contribution in [3.63, 3.8) is 0 Å². The van der Waals surface area contributed by atoms with Gasteiger partial charge in [0.15, 0.2) is 5.82 Å². The molecule has 3 amide bonds. The fourth-order valence-corrected chi connectivity index (χ4v) is 9.03. The van der Waals surface area contributed by atoms with Crippen LogP contribution < -0.4 is 20.3 Å². The van der Waals surface area contributed by atoms with Gasteiger partial charge in [-0.1, -0.05) is 24.3 Å². The summed E-state index contributed by atoms with van der Waals surface area (Å²) in [6.45, 7) is 3.01. The second kappa shape index (κ2) is 20.1. The minimum Gasteiger partial charge on any atom is -0.475 e. The minimum atomic E-state index is -5.08. The number of carboxylic acid groups (broad SMARTS) is 1. The number of carbonyl (C=O) groups excluding carboxylic acids is 4. The van der Waals surface area contributed by atoms with E-state index in [-0.39, 0.29) is 36.9 Å². The number of piperidine rings is 1. The highest BCUT2D eigenvalue weighted by atomic mass is 32.2. The number of nitrogens with zero attached hydrogens (tertiary/aromatic N) is 4. The number of benzene rings is 3. The van der Waals surface area contributed by atoms with Crippen molar-refractivity contribution in [2.45, 2.75) is 44.1 Å². The second-order valence-electron chi connectivity index (χ2n) is 16.0. The van der Waals surface area contributed by atoms with Crippen molar-refractivity contribution in [3.8, 4) is 11.1 Å². The molecular weight excluding hydrogens is 934 g/mol. The maximum absolute atomic E-state index is 15.7. The molecule has 8 rings (SSSR count). The summed E-state index contributed by atoms with van der Waals surface area (Å²) in [5.74, 6) is -8.83. The number of carbonyl (C=O) groups is 5. The lowest BCUT2D eigenvalue weighted by molar-refractivity contribution is -0.192. The Bertz CT molecular complexity index is 2870. The van der Waals surface area contributed by atoms with Crippen molar-refractivity contribution >= 4 is 62.1 Å². The van der Waals surface area contributed by atoms with E-state index in [1.165, 1.54) is 18.3 Å². The number of alkyl halides is 4. The van der Waals surface area contributed by atoms with E-state index in [0.29, 0.717) is 35.4 Å². The zero-order valence-electron chi connectivity index (χ0n) is 35.5. The van der Waals surface area contributed by atoms with Crippen molar-refractivity contribution in [2.75, 3.05) is 55.4 Å². The average Bonchev–Trinajstić information content (AvgIpc) is 3.94. The molecule has 16 nitrogen and oxygen atoms in total. The highest BCUT2D eigenvalue weighted by Crippen LogP contribution is 2.31. The number of aromatic amines is 1. The largest absolute Gasteiger partial charge is 0.490 e. The first-order valence-corrected chi connectivity index (χ1v) is 22.3. The van der Waals surface area contributed by atoms with E-state index in [0.717, 1.165) is 53.6 Å². The number of aliphatic carboxylic acids is 1. The number of amides is 3. The Balaban J connectivity index is 0.000000908. The number of anilines is 2. The summed E-state index contributed by atoms with van der Waals surface area (Å²) in [7, 11) is -4.37. The Kier molecular flexibility index (Phi) is 14.5. The maximum Gasteiger partial charge on any atom is 0.490 e. The Morgan fingerprint density at radius 2 is 1.57 bits per heavy atom. The number of fused-ring (bicyclic) bond motifs is 1. The number of hydrogen-bond acceptors (Lipinski definition) is 10. The number of halogens is 7. The molecule has 3 aliphatic heterocycles. The smallest absolute Gasteiger partial charge is 0.475 e. The molecule has 3 fully saturated rings. The second-order valence-corrected chi connectivity index (χ2v) is 17.7. The predicted octanol–water partition coefficient (Wildman–Crippen LogP) is 5.11. The third-order valence-corrected chi connectivity index (χ3v) is 13.0. The van der Waals surface area contributed by atoms with Crippen molar-refractivity contribution in [1.29, 1.82) is 0 Å². The van der Waals surface area contributed by atoms with Crippen LogP contribution in [0.2, 0.25) is 0 Å². The summed E-state index contributed by atoms with van der Waals surface area (Å²) >= 11 is 0. The first-order valence-electron chi connectivity index (χ1n) is 20.9. The number of H-pyrrole nitrogens is 1. The van der Waals surface area contributed by atoms with E-state index < -0.39 is 93.3 Å². The Morgan fingerprint density at radius 1 is 0.868 bits per heavy atom. The molecular formula is C44H41F7N8O8S. The molecule has 5 aromatic rings. The molecule has 2 aromatic heterocycles. The molecule has 0 aliphatic carbocycles. The average molecular weight is 975 g/mol. The highest BCUT2D eigenvalue weighted by Gasteiger charge is 2.38. The van der Waals surface area contributed by atoms with Gasteiger partial charge in [0.1, 0.15) is 29.5 Å². The number of piperazine rings is 1. The van der Waals surface area contributed by atoms with E-state index in [4.69, 9.17) is 9.90 Å². The molecule has 24 heteroatoms. The molecule has 360 valence electrons. The van der Waals surface area contributed by atoms with E-state index in [1.54, 1.807) is 18.3 Å². The standard InChI is InChI=1S/C42H40F4N8O6S.C2HF3O2/c43-27-12-14-54(23-27)61(59,60)51-34-8-7-32(44)37(38(34)46)39(56)31-22-48-40-30(31)19-26(21-47-40)25-3-1-24(2-4-25)11-13-52-15-17-53(18-16-52)28-5-6-29(33(45)20-28)41(57)49-35-9-10-36(55)50-42(35)58;3-2(4,5)1(6)7/h1-8,19-22,27,35,51H,9-18,23H2,(H,47,48)(H,49,57)(H,50,55,58);(H,6,7)/t27-,35+;/m1./s1. The SMILES string of the molecule is O=C(O)C(F)(F)F.O=C1CC[C@H](NC(=O)c2ccc(N3CCN(CCc4ccc(-c5cnc6[nH]cc(C(=O)c7c(F)ccc(NS(=O)(=O)N8CC[C@@H](F)C8)c7F)c6c5)cc4)CC3)cc2F)C(=O)N1. The molecule has 0 bridgehead atoms. The number of rotatable bonds is 12. The summed E-state index contributed by atoms with van der Waals surface area (Å²) in [4.78, 5) is 70.2. The van der Waals surface area contributed by atoms with Crippen LogP contribution >= 0.6 is 0 Å². The topological polar surface area (TPSA) is 214 Å². The number of ketones is 1. The van der Waals surface area contributed by atoms with E-state index in [1.807, 2.05) is 33.9 Å². The van der Waals surface area contributed by atoms with Gasteiger partial charge in [0, 0.05) is 86.8 Å². The van der Waals surface area contributed by atoms with Crippen LogP contribution in [0.25, 0.3) is 22.2 Å². The van der Waals surface area contributed by atoms with Gasteiger partial charge in [-0.3, -0.25) is 34.1 Å². The molecule has 68 heavy (non-hydrogen) atoms. The van der Waals surface area contributed by atoms with Crippen LogP contribution in [0, 0.1) is 17.5 Å². The van der Waals surface area contributed by atoms with Crippen LogP contribution in [-0.2, 0) is 31.0 Å². The molecule has 0 radical (unpaired) electrons. The zero-order chi connectivity index (χ0) is 49.1. The van der Waals surface area contributed by atoms with Gasteiger partial charge in [0.25, 0.3) is 5.91 Å². The summed E-state index contributed by atoms with van der Waals surface area (Å²) in [5, 5.41) is 12.1. The molecule has 2 atom stereocenters. The number of imide groups is 1. The van der Waals surface area contributed by atoms with Crippen LogP contribution in [0.5, 0.6) is 0 Å². The summed E-state index contributed by atoms with van der Waals surface area (Å²) in [5.41, 5.74) is 1.57. The molecule has 3 aromatic carbocycles. The minimum absolute atomic E-state index is 0.00833. The summed E-state index contributed by atoms with van der Waals surface area (Å²) in [6.07, 6.45) is -2.56. The van der Waals surface area contributed by atoms with Gasteiger partial charge in [-0.2, -0.15) is 25.9 Å². The molecule has 0 spiro atoms. The summed E-state index contributed by atoms with van der Waals surface area (Å²) < 4.78 is 120. The monoisotopic (exact) mass is 974 g/mol. The maximum atomic E-state index is 15.7. The van der Waals surface area contributed by atoms with E-state index in [9.17, 15) is 45.2 Å². The van der Waals surface area contributed by atoms with Gasteiger partial charge < -0.3 is 20.3 Å². The van der Waals surface area contributed by atoms with Gasteiger partial charge in [-0.25, -0.2) is 27.3 Å². The van der Waals surface area contributed by atoms with Gasteiger partial charge in [0.2, 0.25) is 17.6 Å². The normalized spacial score (nSPS) is 18.2. The van der Waals surface area contributed by atoms with Gasteiger partial charge in [0.05, 0.1) is 16.8 Å². The number of pyridine rings is 1. The van der Waals surface area contributed by atoms with E-state index >= 15 is 13.2 Å². The molecule has 3 saturated heterocycles. The lowest BCUT2D eigenvalue weighted by atomic mass is 9.99. The predicted molar refractivity (Wildman–Crippen MR) is 231 cm³/mol. The van der Waals surface area contributed by atoms with Crippen molar-refractivity contribution in [3.05, 3.63) is 113 Å². The van der Waals surface area contributed by atoms with Crippen molar-refractivity contribution in [2.24, 2.45) is 0 Å². The number of aromatic nitrogens is 2. The third-order valence-electron chi connectivity index (χ3n) is 11.5.